The van der Waals surface area contributed by atoms with Gasteiger partial charge in [0.2, 0.25) is 0 Å². The molecule has 1 heterocycles. The van der Waals surface area contributed by atoms with Crippen LogP contribution in [-0.4, -0.2) is 0 Å². The lowest BCUT2D eigenvalue weighted by molar-refractivity contribution is 1.49. The van der Waals surface area contributed by atoms with Crippen molar-refractivity contribution in [2.24, 2.45) is 0 Å². The number of thiophene rings is 1. The maximum absolute atomic E-state index is 8.49. The van der Waals surface area contributed by atoms with Crippen LogP contribution in [0.5, 0.6) is 0 Å². The first-order valence-electron chi connectivity index (χ1n) is 2.62. The monoisotopic (exact) mass is 216 g/mol. The molecule has 2 N–H and O–H groups in total. The lowest BCUT2D eigenvalue weighted by atomic mass is 10.3. The molecule has 0 spiro atoms. The van der Waals surface area contributed by atoms with Gasteiger partial charge in [-0.05, 0) is 6.07 Å². The Morgan fingerprint density at radius 3 is 2.80 bits per heavy atom. The Balaban J connectivity index is 3.07. The van der Waals surface area contributed by atoms with Crippen LogP contribution >= 0.6 is 27.3 Å². The van der Waals surface area contributed by atoms with Crippen LogP contribution in [-0.2, 0) is 5.33 Å². The Labute approximate surface area is 71.4 Å². The number of halogens is 1. The van der Waals surface area contributed by atoms with E-state index in [9.17, 15) is 0 Å². The maximum Gasteiger partial charge on any atom is 0.104 e. The van der Waals surface area contributed by atoms with Crippen molar-refractivity contribution in [1.29, 1.82) is 5.26 Å². The summed E-state index contributed by atoms with van der Waals surface area (Å²) < 4.78 is 0. The first-order chi connectivity index (χ1) is 4.77. The van der Waals surface area contributed by atoms with E-state index in [2.05, 4.69) is 15.9 Å². The second-order valence-corrected chi connectivity index (χ2v) is 3.47. The normalized spacial score (nSPS) is 9.20. The van der Waals surface area contributed by atoms with Gasteiger partial charge in [-0.2, -0.15) is 5.26 Å². The molecule has 0 aromatic carbocycles. The van der Waals surface area contributed by atoms with Crippen LogP contribution in [0.1, 0.15) is 10.4 Å². The number of hydrogen-bond donors (Lipinski definition) is 1. The van der Waals surface area contributed by atoms with Gasteiger partial charge in [0.15, 0.2) is 0 Å². The molecule has 0 bridgehead atoms. The third-order valence-electron chi connectivity index (χ3n) is 1.06. The largest absolute Gasteiger partial charge is 0.389 e. The molecule has 0 saturated carbocycles. The highest BCUT2D eigenvalue weighted by Gasteiger charge is 2.02. The topological polar surface area (TPSA) is 49.8 Å². The molecule has 0 saturated heterocycles. The number of rotatable bonds is 1. The van der Waals surface area contributed by atoms with Crippen molar-refractivity contribution >= 4 is 32.3 Å². The lowest BCUT2D eigenvalue weighted by Gasteiger charge is -1.79. The number of hydrogen-bond acceptors (Lipinski definition) is 3. The number of nitrogens with two attached hydrogens (primary N) is 1. The van der Waals surface area contributed by atoms with Crippen LogP contribution in [0.15, 0.2) is 6.07 Å². The summed E-state index contributed by atoms with van der Waals surface area (Å²) in [5.41, 5.74) is 6.09. The van der Waals surface area contributed by atoms with Gasteiger partial charge in [0.1, 0.15) is 11.1 Å². The molecule has 0 fully saturated rings. The molecular weight excluding hydrogens is 212 g/mol. The van der Waals surface area contributed by atoms with Crippen LogP contribution in [0, 0.1) is 11.3 Å². The first-order valence-corrected chi connectivity index (χ1v) is 4.56. The highest BCUT2D eigenvalue weighted by atomic mass is 79.9. The average molecular weight is 217 g/mol. The van der Waals surface area contributed by atoms with E-state index in [1.165, 1.54) is 11.3 Å². The zero-order valence-corrected chi connectivity index (χ0v) is 7.50. The minimum Gasteiger partial charge on any atom is -0.389 e. The van der Waals surface area contributed by atoms with Gasteiger partial charge in [-0.25, -0.2) is 0 Å². The highest BCUT2D eigenvalue weighted by molar-refractivity contribution is 9.08. The van der Waals surface area contributed by atoms with Gasteiger partial charge in [0.05, 0.1) is 5.56 Å². The molecule has 52 valence electrons. The lowest BCUT2D eigenvalue weighted by Crippen LogP contribution is -1.80. The van der Waals surface area contributed by atoms with Crippen LogP contribution in [0.3, 0.4) is 0 Å². The number of anilines is 1. The van der Waals surface area contributed by atoms with Crippen LogP contribution < -0.4 is 5.73 Å². The van der Waals surface area contributed by atoms with Gasteiger partial charge in [-0.15, -0.1) is 11.3 Å². The van der Waals surface area contributed by atoms with Crippen LogP contribution in [0.4, 0.5) is 5.00 Å². The van der Waals surface area contributed by atoms with Gasteiger partial charge in [0, 0.05) is 10.2 Å². The summed E-state index contributed by atoms with van der Waals surface area (Å²) in [5, 5.41) is 9.86. The zero-order chi connectivity index (χ0) is 7.56. The van der Waals surface area contributed by atoms with E-state index in [-0.39, 0.29) is 0 Å². The van der Waals surface area contributed by atoms with Gasteiger partial charge in [0.25, 0.3) is 0 Å². The van der Waals surface area contributed by atoms with Crippen molar-refractivity contribution in [3.63, 3.8) is 0 Å². The third kappa shape index (κ3) is 1.31. The molecule has 1 aromatic rings. The van der Waals surface area contributed by atoms with Gasteiger partial charge < -0.3 is 5.73 Å². The van der Waals surface area contributed by atoms with Gasteiger partial charge in [-0.3, -0.25) is 0 Å². The van der Waals surface area contributed by atoms with Crippen LogP contribution in [0.25, 0.3) is 0 Å². The van der Waals surface area contributed by atoms with E-state index in [0.717, 1.165) is 10.2 Å². The number of alkyl halides is 1. The molecule has 0 radical (unpaired) electrons. The fraction of sp³-hybridized carbons (Fsp3) is 0.167. The molecule has 1 rings (SSSR count). The molecule has 4 heteroatoms. The predicted molar refractivity (Wildman–Crippen MR) is 46.1 cm³/mol. The summed E-state index contributed by atoms with van der Waals surface area (Å²) >= 11 is 4.73. The summed E-state index contributed by atoms with van der Waals surface area (Å²) in [5.74, 6) is 0. The van der Waals surface area contributed by atoms with E-state index in [0.29, 0.717) is 10.6 Å². The molecule has 0 aliphatic rings. The molecule has 0 aliphatic carbocycles. The van der Waals surface area contributed by atoms with Crippen molar-refractivity contribution in [2.45, 2.75) is 5.33 Å². The molecule has 0 atom stereocenters. The maximum atomic E-state index is 8.49. The average Bonchev–Trinajstić information content (AvgIpc) is 2.30. The second kappa shape index (κ2) is 3.04. The number of nitrogen functional groups attached to an aromatic ring is 1. The Hall–Kier alpha value is -0.530. The standard InChI is InChI=1S/C6H5BrN2S/c7-2-5-1-4(3-8)6(9)10-5/h1H,2,9H2. The first kappa shape index (κ1) is 7.58. The predicted octanol–water partition coefficient (Wildman–Crippen LogP) is 2.10. The summed E-state index contributed by atoms with van der Waals surface area (Å²) in [7, 11) is 0. The molecule has 10 heavy (non-hydrogen) atoms. The zero-order valence-electron chi connectivity index (χ0n) is 5.10. The molecule has 2 nitrogen and oxygen atoms in total. The number of nitrogens with zero attached hydrogens (tertiary/aromatic N) is 1. The third-order valence-corrected chi connectivity index (χ3v) is 3.00. The molecule has 1 aromatic heterocycles. The van der Waals surface area contributed by atoms with Crippen molar-refractivity contribution in [3.05, 3.63) is 16.5 Å². The van der Waals surface area contributed by atoms with E-state index < -0.39 is 0 Å². The van der Waals surface area contributed by atoms with Crippen molar-refractivity contribution in [3.8, 4) is 6.07 Å². The summed E-state index contributed by atoms with van der Waals surface area (Å²) in [4.78, 5) is 1.09. The van der Waals surface area contributed by atoms with E-state index >= 15 is 0 Å². The van der Waals surface area contributed by atoms with E-state index in [1.807, 2.05) is 6.07 Å². The smallest absolute Gasteiger partial charge is 0.104 e. The quantitative estimate of drug-likeness (QED) is 0.732. The fourth-order valence-corrected chi connectivity index (χ4v) is 1.84. The second-order valence-electron chi connectivity index (χ2n) is 1.74. The summed E-state index contributed by atoms with van der Waals surface area (Å²) in [6.07, 6.45) is 0. The minimum atomic E-state index is 0.583. The van der Waals surface area contributed by atoms with Crippen molar-refractivity contribution in [1.82, 2.24) is 0 Å². The fourth-order valence-electron chi connectivity index (χ4n) is 0.611. The molecule has 0 unspecified atom stereocenters. The Kier molecular flexibility index (Phi) is 2.30. The SMILES string of the molecule is N#Cc1cc(CBr)sc1N. The molecular formula is C6H5BrN2S. The Morgan fingerprint density at radius 2 is 2.50 bits per heavy atom. The van der Waals surface area contributed by atoms with E-state index in [4.69, 9.17) is 11.0 Å². The van der Waals surface area contributed by atoms with Crippen molar-refractivity contribution in [2.75, 3.05) is 5.73 Å². The van der Waals surface area contributed by atoms with Crippen molar-refractivity contribution < 1.29 is 0 Å². The number of nitriles is 1. The Bertz CT molecular complexity index is 274. The van der Waals surface area contributed by atoms with Crippen LogP contribution in [0.2, 0.25) is 0 Å². The Morgan fingerprint density at radius 1 is 1.80 bits per heavy atom. The van der Waals surface area contributed by atoms with Gasteiger partial charge in [-0.1, -0.05) is 15.9 Å². The summed E-state index contributed by atoms with van der Waals surface area (Å²) in [6.45, 7) is 0. The molecule has 0 aliphatic heterocycles. The summed E-state index contributed by atoms with van der Waals surface area (Å²) in [6, 6.07) is 3.81. The van der Waals surface area contributed by atoms with E-state index in [1.54, 1.807) is 6.07 Å². The van der Waals surface area contributed by atoms with Gasteiger partial charge >= 0.3 is 0 Å². The highest BCUT2D eigenvalue weighted by Crippen LogP contribution is 2.25. The molecule has 0 amide bonds. The minimum absolute atomic E-state index is 0.583.